The number of carbonyl (C=O) groups is 13. The highest BCUT2D eigenvalue weighted by atomic mass is 16.5. The predicted octanol–water partition coefficient (Wildman–Crippen LogP) is 0.619. The molecule has 0 aromatic heterocycles. The molecule has 0 aromatic rings. The molecule has 0 aliphatic carbocycles. The number of aliphatic carboxylic acids is 5. The van der Waals surface area contributed by atoms with Gasteiger partial charge in [0.1, 0.15) is 36.3 Å². The molecular weight excluding hydrogens is 955 g/mol. The summed E-state index contributed by atoms with van der Waals surface area (Å²) in [5.74, 6) is -14.2. The summed E-state index contributed by atoms with van der Waals surface area (Å²) in [5.41, 5.74) is 0. The molecule has 0 saturated heterocycles. The maximum absolute atomic E-state index is 12.7. The first-order valence-corrected chi connectivity index (χ1v) is 24.2. The summed E-state index contributed by atoms with van der Waals surface area (Å²) >= 11 is 0. The third kappa shape index (κ3) is 31.4. The summed E-state index contributed by atoms with van der Waals surface area (Å²) < 4.78 is 4.61. The number of hydrogen-bond donors (Lipinski definition) is 12. The molecule has 0 aromatic carbocycles. The third-order valence-electron chi connectivity index (χ3n) is 11.2. The van der Waals surface area contributed by atoms with E-state index in [1.807, 2.05) is 0 Å². The van der Waals surface area contributed by atoms with Crippen molar-refractivity contribution in [2.45, 2.75) is 197 Å². The fraction of sp³-hybridized carbons (Fsp3) is 0.717. The lowest BCUT2D eigenvalue weighted by Gasteiger charge is -2.19. The van der Waals surface area contributed by atoms with Gasteiger partial charge in [-0.1, -0.05) is 71.1 Å². The van der Waals surface area contributed by atoms with E-state index in [1.54, 1.807) is 0 Å². The Labute approximate surface area is 417 Å². The van der Waals surface area contributed by atoms with Gasteiger partial charge in [-0.25, -0.2) is 28.8 Å². The Kier molecular flexibility index (Phi) is 34.2. The van der Waals surface area contributed by atoms with E-state index < -0.39 is 171 Å². The molecule has 26 nitrogen and oxygen atoms in total. The van der Waals surface area contributed by atoms with Gasteiger partial charge >= 0.3 is 35.8 Å². The number of amides is 7. The van der Waals surface area contributed by atoms with Gasteiger partial charge in [-0.3, -0.25) is 33.6 Å². The number of carboxylic acids is 5. The van der Waals surface area contributed by atoms with Gasteiger partial charge in [0.25, 0.3) is 0 Å². The van der Waals surface area contributed by atoms with Crippen LogP contribution >= 0.6 is 0 Å². The van der Waals surface area contributed by atoms with Crippen molar-refractivity contribution in [2.24, 2.45) is 0 Å². The second-order valence-electron chi connectivity index (χ2n) is 17.1. The second-order valence-corrected chi connectivity index (χ2v) is 17.1. The summed E-state index contributed by atoms with van der Waals surface area (Å²) in [6.07, 6.45) is 6.20. The molecule has 0 bridgehead atoms. The first-order chi connectivity index (χ1) is 34.0. The number of carboxylic acid groups (broad SMARTS) is 5. The zero-order chi connectivity index (χ0) is 54.6. The normalized spacial score (nSPS) is 13.3. The zero-order valence-electron chi connectivity index (χ0n) is 41.4. The van der Waals surface area contributed by atoms with Crippen molar-refractivity contribution in [1.82, 2.24) is 37.2 Å². The van der Waals surface area contributed by atoms with Crippen molar-refractivity contribution in [2.75, 3.05) is 14.2 Å². The topological polar surface area (TPSA) is 416 Å². The average molecular weight is 1030 g/mol. The summed E-state index contributed by atoms with van der Waals surface area (Å²) in [5, 5.41) is 63.6. The van der Waals surface area contributed by atoms with E-state index in [2.05, 4.69) is 48.9 Å². The first kappa shape index (κ1) is 65.1. The highest BCUT2D eigenvalue weighted by molar-refractivity contribution is 5.90. The number of methoxy groups -OCH3 is 1. The summed E-state index contributed by atoms with van der Waals surface area (Å²) in [4.78, 5) is 158. The Morgan fingerprint density at radius 1 is 0.333 bits per heavy atom. The van der Waals surface area contributed by atoms with E-state index in [0.29, 0.717) is 6.42 Å². The van der Waals surface area contributed by atoms with Gasteiger partial charge < -0.3 is 67.5 Å². The maximum Gasteiger partial charge on any atom is 0.328 e. The van der Waals surface area contributed by atoms with Crippen LogP contribution in [0.3, 0.4) is 0 Å². The standard InChI is InChI=1S/C46H75N7O19/c1-4-5-6-7-8-9-10-11-12-13-14-15-35(55)48-28(41(61)62)16-23-36(56)49-29(42(63)64)17-24-37(57)50-30(43(65)66)18-25-38(58)51-31(44(67)68)19-26-39(59)52-32(45(69)70)20-27-40(60)53-33(46(71)72-3)21-22-34(54)47-2/h28-33H,4-27H2,1-3H3,(H,47,54)(H,48,55)(H,49,56)(H,50,57)(H,51,58)(H,52,59)(H,53,60)(H,61,62)(H,63,64)(H,65,66)(H,67,68)(H,69,70). The largest absolute Gasteiger partial charge is 0.480 e. The minimum absolute atomic E-state index is 0.0993. The van der Waals surface area contributed by atoms with Crippen LogP contribution in [0.25, 0.3) is 0 Å². The van der Waals surface area contributed by atoms with Crippen molar-refractivity contribution in [3.8, 4) is 0 Å². The van der Waals surface area contributed by atoms with Crippen LogP contribution in [-0.4, -0.2) is 153 Å². The van der Waals surface area contributed by atoms with Crippen molar-refractivity contribution < 1.29 is 92.6 Å². The van der Waals surface area contributed by atoms with Crippen LogP contribution in [0, 0.1) is 0 Å². The highest BCUT2D eigenvalue weighted by Crippen LogP contribution is 2.13. The van der Waals surface area contributed by atoms with Gasteiger partial charge in [-0.15, -0.1) is 0 Å². The Hall–Kier alpha value is -6.89. The van der Waals surface area contributed by atoms with Crippen molar-refractivity contribution in [1.29, 1.82) is 0 Å². The van der Waals surface area contributed by atoms with Gasteiger partial charge in [0.05, 0.1) is 7.11 Å². The number of rotatable bonds is 42. The average Bonchev–Trinajstić information content (AvgIpc) is 3.32. The molecule has 7 amide bonds. The van der Waals surface area contributed by atoms with E-state index >= 15 is 0 Å². The summed E-state index contributed by atoms with van der Waals surface area (Å²) in [6, 6.07) is -9.39. The van der Waals surface area contributed by atoms with E-state index in [1.165, 1.54) is 45.6 Å². The number of unbranched alkanes of at least 4 members (excludes halogenated alkanes) is 10. The van der Waals surface area contributed by atoms with Crippen LogP contribution in [0.5, 0.6) is 0 Å². The minimum Gasteiger partial charge on any atom is -0.480 e. The fourth-order valence-electron chi connectivity index (χ4n) is 7.00. The Bertz CT molecular complexity index is 1830. The van der Waals surface area contributed by atoms with Gasteiger partial charge in [-0.05, 0) is 44.9 Å². The smallest absolute Gasteiger partial charge is 0.328 e. The molecule has 6 atom stereocenters. The number of ether oxygens (including phenoxy) is 1. The first-order valence-electron chi connectivity index (χ1n) is 24.2. The molecule has 0 rings (SSSR count). The molecule has 0 radical (unpaired) electrons. The van der Waals surface area contributed by atoms with E-state index in [9.17, 15) is 87.9 Å². The Morgan fingerprint density at radius 3 is 0.806 bits per heavy atom. The molecule has 408 valence electrons. The maximum atomic E-state index is 12.7. The molecule has 26 heteroatoms. The molecule has 72 heavy (non-hydrogen) atoms. The molecule has 6 unspecified atom stereocenters. The lowest BCUT2D eigenvalue weighted by Crippen LogP contribution is -2.46. The lowest BCUT2D eigenvalue weighted by atomic mass is 10.0. The van der Waals surface area contributed by atoms with Crippen LogP contribution in [0.2, 0.25) is 0 Å². The monoisotopic (exact) mass is 1030 g/mol. The number of carbonyl (C=O) groups excluding carboxylic acids is 8. The number of nitrogens with one attached hydrogen (secondary N) is 7. The Morgan fingerprint density at radius 2 is 0.556 bits per heavy atom. The molecule has 12 N–H and O–H groups in total. The van der Waals surface area contributed by atoms with Gasteiger partial charge in [0.15, 0.2) is 0 Å². The zero-order valence-corrected chi connectivity index (χ0v) is 41.4. The predicted molar refractivity (Wildman–Crippen MR) is 252 cm³/mol. The Balaban J connectivity index is 4.98. The highest BCUT2D eigenvalue weighted by Gasteiger charge is 2.29. The van der Waals surface area contributed by atoms with Gasteiger partial charge in [0.2, 0.25) is 41.4 Å². The van der Waals surface area contributed by atoms with Crippen molar-refractivity contribution in [3.63, 3.8) is 0 Å². The number of hydrogen-bond acceptors (Lipinski definition) is 14. The second kappa shape index (κ2) is 37.9. The van der Waals surface area contributed by atoms with E-state index in [0.717, 1.165) is 32.8 Å². The SMILES string of the molecule is CCCCCCCCCCCCCC(=O)NC(CCC(=O)NC(CCC(=O)NC(CCC(=O)NC(CCC(=O)NC(CCC(=O)NC(CCC(=O)NC)C(=O)OC)C(=O)O)C(=O)O)C(=O)O)C(=O)O)C(=O)O. The van der Waals surface area contributed by atoms with Crippen LogP contribution in [0.4, 0.5) is 0 Å². The molecule has 0 saturated carbocycles. The molecule has 0 heterocycles. The number of esters is 1. The lowest BCUT2D eigenvalue weighted by molar-refractivity contribution is -0.146. The van der Waals surface area contributed by atoms with Crippen molar-refractivity contribution in [3.05, 3.63) is 0 Å². The quantitative estimate of drug-likeness (QED) is 0.0294. The molecule has 0 aliphatic heterocycles. The minimum atomic E-state index is -1.72. The van der Waals surface area contributed by atoms with Crippen LogP contribution in [0.1, 0.15) is 161 Å². The van der Waals surface area contributed by atoms with Crippen LogP contribution < -0.4 is 37.2 Å². The van der Waals surface area contributed by atoms with E-state index in [-0.39, 0.29) is 25.7 Å². The van der Waals surface area contributed by atoms with Gasteiger partial charge in [-0.2, -0.15) is 0 Å². The van der Waals surface area contributed by atoms with E-state index in [4.69, 9.17) is 0 Å². The molecular formula is C46H75N7O19. The summed E-state index contributed by atoms with van der Waals surface area (Å²) in [6.45, 7) is 2.17. The fourth-order valence-corrected chi connectivity index (χ4v) is 7.00. The van der Waals surface area contributed by atoms with Crippen LogP contribution in [0.15, 0.2) is 0 Å². The van der Waals surface area contributed by atoms with Crippen LogP contribution in [-0.2, 0) is 67.1 Å². The van der Waals surface area contributed by atoms with Gasteiger partial charge in [0, 0.05) is 52.0 Å². The summed E-state index contributed by atoms with van der Waals surface area (Å²) in [7, 11) is 2.43. The molecule has 0 aliphatic rings. The third-order valence-corrected chi connectivity index (χ3v) is 11.2. The van der Waals surface area contributed by atoms with Crippen molar-refractivity contribution >= 4 is 77.2 Å². The molecule has 0 spiro atoms. The molecule has 0 fully saturated rings.